The van der Waals surface area contributed by atoms with Gasteiger partial charge in [0.25, 0.3) is 0 Å². The third-order valence-corrected chi connectivity index (χ3v) is 3.04. The molecule has 0 saturated carbocycles. The van der Waals surface area contributed by atoms with Crippen LogP contribution in [0, 0.1) is 0 Å². The molecular formula is C16H22O3. The van der Waals surface area contributed by atoms with Crippen molar-refractivity contribution in [2.45, 2.75) is 45.4 Å². The van der Waals surface area contributed by atoms with Gasteiger partial charge in [0, 0.05) is 5.56 Å². The molecular weight excluding hydrogens is 240 g/mol. The van der Waals surface area contributed by atoms with Crippen LogP contribution in [0.5, 0.6) is 0 Å². The molecule has 0 spiro atoms. The van der Waals surface area contributed by atoms with Crippen LogP contribution in [0.2, 0.25) is 0 Å². The fraction of sp³-hybridized carbons (Fsp3) is 0.500. The minimum atomic E-state index is -0.406. The summed E-state index contributed by atoms with van der Waals surface area (Å²) in [5.41, 5.74) is 0.735. The Labute approximate surface area is 115 Å². The predicted molar refractivity (Wildman–Crippen MR) is 75.5 cm³/mol. The zero-order valence-electron chi connectivity index (χ0n) is 11.6. The first-order valence-electron chi connectivity index (χ1n) is 7.01. The Hall–Kier alpha value is -1.64. The van der Waals surface area contributed by atoms with Crippen molar-refractivity contribution in [1.82, 2.24) is 0 Å². The van der Waals surface area contributed by atoms with Gasteiger partial charge in [0.05, 0.1) is 12.2 Å². The summed E-state index contributed by atoms with van der Waals surface area (Å²) in [6.07, 6.45) is 7.60. The SMILES string of the molecule is CCCCCCCCOC(=O)c1ccccc1C=O. The molecule has 0 saturated heterocycles. The highest BCUT2D eigenvalue weighted by atomic mass is 16.5. The monoisotopic (exact) mass is 262 g/mol. The molecule has 0 aliphatic heterocycles. The van der Waals surface area contributed by atoms with E-state index in [0.717, 1.165) is 12.8 Å². The summed E-state index contributed by atoms with van der Waals surface area (Å²) in [6.45, 7) is 2.62. The Balaban J connectivity index is 2.26. The number of hydrogen-bond donors (Lipinski definition) is 0. The number of carbonyl (C=O) groups is 2. The third kappa shape index (κ3) is 5.69. The Morgan fingerprint density at radius 3 is 2.53 bits per heavy atom. The zero-order chi connectivity index (χ0) is 13.9. The summed E-state index contributed by atoms with van der Waals surface area (Å²) in [4.78, 5) is 22.6. The van der Waals surface area contributed by atoms with E-state index in [1.54, 1.807) is 24.3 Å². The molecule has 1 aromatic rings. The average Bonchev–Trinajstić information content (AvgIpc) is 2.46. The van der Waals surface area contributed by atoms with Crippen molar-refractivity contribution in [3.8, 4) is 0 Å². The lowest BCUT2D eigenvalue weighted by Crippen LogP contribution is -2.09. The number of aldehydes is 1. The van der Waals surface area contributed by atoms with Crippen LogP contribution >= 0.6 is 0 Å². The molecule has 0 N–H and O–H groups in total. The predicted octanol–water partition coefficient (Wildman–Crippen LogP) is 4.02. The average molecular weight is 262 g/mol. The highest BCUT2D eigenvalue weighted by Gasteiger charge is 2.11. The molecule has 0 atom stereocenters. The lowest BCUT2D eigenvalue weighted by atomic mass is 10.1. The summed E-state index contributed by atoms with van der Waals surface area (Å²) >= 11 is 0. The fourth-order valence-corrected chi connectivity index (χ4v) is 1.91. The second-order valence-electron chi connectivity index (χ2n) is 4.61. The summed E-state index contributed by atoms with van der Waals surface area (Å²) in [7, 11) is 0. The van der Waals surface area contributed by atoms with Crippen LogP contribution in [-0.4, -0.2) is 18.9 Å². The van der Waals surface area contributed by atoms with Crippen LogP contribution in [-0.2, 0) is 4.74 Å². The first kappa shape index (κ1) is 15.4. The summed E-state index contributed by atoms with van der Waals surface area (Å²) in [5, 5.41) is 0. The van der Waals surface area contributed by atoms with Gasteiger partial charge in [-0.3, -0.25) is 4.79 Å². The molecule has 0 radical (unpaired) electrons. The number of rotatable bonds is 9. The molecule has 3 heteroatoms. The smallest absolute Gasteiger partial charge is 0.338 e. The Morgan fingerprint density at radius 2 is 1.79 bits per heavy atom. The molecule has 0 fully saturated rings. The Bertz CT molecular complexity index is 399. The number of unbranched alkanes of at least 4 members (excludes halogenated alkanes) is 5. The maximum absolute atomic E-state index is 11.8. The number of carbonyl (C=O) groups excluding carboxylic acids is 2. The second-order valence-corrected chi connectivity index (χ2v) is 4.61. The lowest BCUT2D eigenvalue weighted by molar-refractivity contribution is 0.0495. The van der Waals surface area contributed by atoms with Crippen LogP contribution in [0.15, 0.2) is 24.3 Å². The van der Waals surface area contributed by atoms with Crippen LogP contribution in [0.1, 0.15) is 66.2 Å². The summed E-state index contributed by atoms with van der Waals surface area (Å²) in [6, 6.07) is 6.70. The van der Waals surface area contributed by atoms with E-state index >= 15 is 0 Å². The maximum atomic E-state index is 11.8. The molecule has 0 aromatic heterocycles. The Morgan fingerprint density at radius 1 is 1.11 bits per heavy atom. The molecule has 104 valence electrons. The number of benzene rings is 1. The highest BCUT2D eigenvalue weighted by Crippen LogP contribution is 2.09. The Kier molecular flexibility index (Phi) is 7.56. The van der Waals surface area contributed by atoms with Crippen molar-refractivity contribution in [2.24, 2.45) is 0 Å². The van der Waals surface area contributed by atoms with Crippen LogP contribution < -0.4 is 0 Å². The molecule has 0 aliphatic rings. The van der Waals surface area contributed by atoms with Gasteiger partial charge in [-0.1, -0.05) is 57.2 Å². The van der Waals surface area contributed by atoms with Crippen molar-refractivity contribution in [1.29, 1.82) is 0 Å². The standard InChI is InChI=1S/C16H22O3/c1-2-3-4-5-6-9-12-19-16(18)15-11-8-7-10-14(15)13-17/h7-8,10-11,13H,2-6,9,12H2,1H3. The van der Waals surface area contributed by atoms with E-state index < -0.39 is 5.97 Å². The van der Waals surface area contributed by atoms with Gasteiger partial charge in [-0.25, -0.2) is 4.79 Å². The maximum Gasteiger partial charge on any atom is 0.338 e. The lowest BCUT2D eigenvalue weighted by Gasteiger charge is -2.06. The van der Waals surface area contributed by atoms with E-state index in [1.807, 2.05) is 0 Å². The van der Waals surface area contributed by atoms with E-state index in [1.165, 1.54) is 25.7 Å². The molecule has 0 heterocycles. The van der Waals surface area contributed by atoms with Crippen molar-refractivity contribution in [2.75, 3.05) is 6.61 Å². The van der Waals surface area contributed by atoms with Crippen molar-refractivity contribution < 1.29 is 14.3 Å². The van der Waals surface area contributed by atoms with Gasteiger partial charge in [0.2, 0.25) is 0 Å². The normalized spacial score (nSPS) is 10.2. The number of esters is 1. The topological polar surface area (TPSA) is 43.4 Å². The summed E-state index contributed by atoms with van der Waals surface area (Å²) in [5.74, 6) is -0.406. The molecule has 0 bridgehead atoms. The fourth-order valence-electron chi connectivity index (χ4n) is 1.91. The quantitative estimate of drug-likeness (QED) is 0.383. The third-order valence-electron chi connectivity index (χ3n) is 3.04. The molecule has 1 aromatic carbocycles. The largest absolute Gasteiger partial charge is 0.462 e. The van der Waals surface area contributed by atoms with Gasteiger partial charge in [-0.15, -0.1) is 0 Å². The molecule has 19 heavy (non-hydrogen) atoms. The molecule has 1 rings (SSSR count). The molecule has 0 aliphatic carbocycles. The molecule has 0 unspecified atom stereocenters. The first-order chi connectivity index (χ1) is 9.29. The van der Waals surface area contributed by atoms with E-state index in [9.17, 15) is 9.59 Å². The van der Waals surface area contributed by atoms with Crippen LogP contribution in [0.25, 0.3) is 0 Å². The van der Waals surface area contributed by atoms with Gasteiger partial charge >= 0.3 is 5.97 Å². The van der Waals surface area contributed by atoms with Gasteiger partial charge in [0.15, 0.2) is 6.29 Å². The van der Waals surface area contributed by atoms with Crippen molar-refractivity contribution in [3.05, 3.63) is 35.4 Å². The zero-order valence-corrected chi connectivity index (χ0v) is 11.6. The van der Waals surface area contributed by atoms with Crippen molar-refractivity contribution in [3.63, 3.8) is 0 Å². The molecule has 0 amide bonds. The van der Waals surface area contributed by atoms with Crippen LogP contribution in [0.4, 0.5) is 0 Å². The van der Waals surface area contributed by atoms with E-state index in [0.29, 0.717) is 24.0 Å². The minimum Gasteiger partial charge on any atom is -0.462 e. The van der Waals surface area contributed by atoms with Gasteiger partial charge in [-0.05, 0) is 12.5 Å². The highest BCUT2D eigenvalue weighted by molar-refractivity contribution is 5.98. The van der Waals surface area contributed by atoms with Gasteiger partial charge in [0.1, 0.15) is 0 Å². The van der Waals surface area contributed by atoms with E-state index in [2.05, 4.69) is 6.92 Å². The minimum absolute atomic E-state index is 0.350. The van der Waals surface area contributed by atoms with Crippen LogP contribution in [0.3, 0.4) is 0 Å². The summed E-state index contributed by atoms with van der Waals surface area (Å²) < 4.78 is 5.18. The second kappa shape index (κ2) is 9.31. The first-order valence-corrected chi connectivity index (χ1v) is 7.01. The number of ether oxygens (including phenoxy) is 1. The van der Waals surface area contributed by atoms with E-state index in [-0.39, 0.29) is 0 Å². The van der Waals surface area contributed by atoms with Crippen molar-refractivity contribution >= 4 is 12.3 Å². The molecule has 3 nitrogen and oxygen atoms in total. The van der Waals surface area contributed by atoms with E-state index in [4.69, 9.17) is 4.74 Å². The van der Waals surface area contributed by atoms with Gasteiger partial charge < -0.3 is 4.74 Å². The van der Waals surface area contributed by atoms with Gasteiger partial charge in [-0.2, -0.15) is 0 Å². The number of hydrogen-bond acceptors (Lipinski definition) is 3.